The highest BCUT2D eigenvalue weighted by molar-refractivity contribution is 5.95. The van der Waals surface area contributed by atoms with Gasteiger partial charge in [0.15, 0.2) is 5.78 Å². The maximum Gasteiger partial charge on any atom is 0.166 e. The monoisotopic (exact) mass is 242 g/mol. The van der Waals surface area contributed by atoms with Gasteiger partial charge in [-0.3, -0.25) is 4.79 Å². The lowest BCUT2D eigenvalue weighted by molar-refractivity contribution is 0.0982. The van der Waals surface area contributed by atoms with E-state index in [-0.39, 0.29) is 5.78 Å². The Labute approximate surface area is 106 Å². The van der Waals surface area contributed by atoms with Crippen molar-refractivity contribution < 1.29 is 9.53 Å². The van der Waals surface area contributed by atoms with Gasteiger partial charge in [-0.25, -0.2) is 9.97 Å². The Balaban J connectivity index is 1.93. The number of benzene rings is 1. The third kappa shape index (κ3) is 3.13. The van der Waals surface area contributed by atoms with Crippen LogP contribution in [0.25, 0.3) is 0 Å². The number of methoxy groups -OCH3 is 1. The Hall–Kier alpha value is -2.23. The van der Waals surface area contributed by atoms with Crippen molar-refractivity contribution >= 4 is 5.78 Å². The van der Waals surface area contributed by atoms with Crippen LogP contribution in [0.5, 0.6) is 5.75 Å². The summed E-state index contributed by atoms with van der Waals surface area (Å²) in [5.41, 5.74) is 1.67. The summed E-state index contributed by atoms with van der Waals surface area (Å²) in [5.74, 6) is 0.882. The van der Waals surface area contributed by atoms with E-state index in [0.717, 1.165) is 11.3 Å². The molecule has 0 bridgehead atoms. The zero-order valence-corrected chi connectivity index (χ0v) is 10.2. The van der Waals surface area contributed by atoms with E-state index >= 15 is 0 Å². The molecule has 0 saturated carbocycles. The van der Waals surface area contributed by atoms with Crippen molar-refractivity contribution in [1.82, 2.24) is 9.97 Å². The zero-order chi connectivity index (χ0) is 12.8. The van der Waals surface area contributed by atoms with Gasteiger partial charge < -0.3 is 4.74 Å². The molecule has 1 aromatic carbocycles. The molecule has 0 fully saturated rings. The number of rotatable bonds is 5. The quantitative estimate of drug-likeness (QED) is 0.755. The van der Waals surface area contributed by atoms with Crippen LogP contribution in [0.4, 0.5) is 0 Å². The highest BCUT2D eigenvalue weighted by atomic mass is 16.5. The number of hydrogen-bond donors (Lipinski definition) is 0. The number of ether oxygens (including phenoxy) is 1. The Bertz CT molecular complexity index is 509. The van der Waals surface area contributed by atoms with Crippen LogP contribution in [0.15, 0.2) is 43.0 Å². The normalized spacial score (nSPS) is 10.1. The van der Waals surface area contributed by atoms with Crippen molar-refractivity contribution in [3.8, 4) is 5.75 Å². The minimum absolute atomic E-state index is 0.0615. The lowest BCUT2D eigenvalue weighted by Gasteiger charge is -2.03. The molecule has 4 heteroatoms. The molecule has 0 atom stereocenters. The third-order valence-electron chi connectivity index (χ3n) is 2.68. The molecular formula is C14H14N2O2. The van der Waals surface area contributed by atoms with Crippen molar-refractivity contribution in [2.75, 3.05) is 7.11 Å². The number of hydrogen-bond acceptors (Lipinski definition) is 4. The molecule has 0 aliphatic heterocycles. The standard InChI is InChI=1S/C14H14N2O2/c1-18-13-5-2-11(3-6-13)4-7-14(17)12-8-15-10-16-9-12/h2-3,5-6,8-10H,4,7H2,1H3. The molecule has 0 saturated heterocycles. The lowest BCUT2D eigenvalue weighted by atomic mass is 10.0. The molecule has 0 radical (unpaired) electrons. The minimum atomic E-state index is 0.0615. The molecule has 2 rings (SSSR count). The predicted octanol–water partition coefficient (Wildman–Crippen LogP) is 2.30. The Kier molecular flexibility index (Phi) is 4.02. The molecule has 0 aliphatic carbocycles. The molecule has 0 spiro atoms. The summed E-state index contributed by atoms with van der Waals surface area (Å²) in [5, 5.41) is 0. The van der Waals surface area contributed by atoms with E-state index in [1.807, 2.05) is 24.3 Å². The van der Waals surface area contributed by atoms with Crippen LogP contribution in [0.3, 0.4) is 0 Å². The second-order valence-electron chi connectivity index (χ2n) is 3.90. The van der Waals surface area contributed by atoms with Crippen LogP contribution in [0, 0.1) is 0 Å². The van der Waals surface area contributed by atoms with E-state index in [1.54, 1.807) is 19.5 Å². The van der Waals surface area contributed by atoms with E-state index in [4.69, 9.17) is 4.74 Å². The van der Waals surface area contributed by atoms with E-state index < -0.39 is 0 Å². The first-order valence-electron chi connectivity index (χ1n) is 5.71. The summed E-state index contributed by atoms with van der Waals surface area (Å²) < 4.78 is 5.08. The van der Waals surface area contributed by atoms with Crippen molar-refractivity contribution in [1.29, 1.82) is 0 Å². The van der Waals surface area contributed by atoms with Gasteiger partial charge in [0.25, 0.3) is 0 Å². The third-order valence-corrected chi connectivity index (χ3v) is 2.68. The number of Topliss-reactive ketones (excluding diaryl/α,β-unsaturated/α-hetero) is 1. The molecule has 0 aliphatic rings. The van der Waals surface area contributed by atoms with Crippen molar-refractivity contribution in [2.45, 2.75) is 12.8 Å². The van der Waals surface area contributed by atoms with Gasteiger partial charge in [-0.1, -0.05) is 12.1 Å². The molecular weight excluding hydrogens is 228 g/mol. The first-order chi connectivity index (χ1) is 8.79. The first kappa shape index (κ1) is 12.2. The average Bonchev–Trinajstić information content (AvgIpc) is 2.46. The van der Waals surface area contributed by atoms with Gasteiger partial charge in [0.2, 0.25) is 0 Å². The second-order valence-corrected chi connectivity index (χ2v) is 3.90. The predicted molar refractivity (Wildman–Crippen MR) is 67.7 cm³/mol. The van der Waals surface area contributed by atoms with Gasteiger partial charge in [0.05, 0.1) is 12.7 Å². The number of carbonyl (C=O) groups is 1. The summed E-state index contributed by atoms with van der Waals surface area (Å²) in [6, 6.07) is 7.72. The zero-order valence-electron chi connectivity index (χ0n) is 10.2. The summed E-state index contributed by atoms with van der Waals surface area (Å²) >= 11 is 0. The number of ketones is 1. The summed E-state index contributed by atoms with van der Waals surface area (Å²) in [6.45, 7) is 0. The fourth-order valence-electron chi connectivity index (χ4n) is 1.64. The lowest BCUT2D eigenvalue weighted by Crippen LogP contribution is -2.02. The largest absolute Gasteiger partial charge is 0.497 e. The Morgan fingerprint density at radius 1 is 1.17 bits per heavy atom. The maximum absolute atomic E-state index is 11.8. The minimum Gasteiger partial charge on any atom is -0.497 e. The van der Waals surface area contributed by atoms with E-state index in [0.29, 0.717) is 18.4 Å². The van der Waals surface area contributed by atoms with Crippen LogP contribution in [-0.2, 0) is 6.42 Å². The van der Waals surface area contributed by atoms with Crippen molar-refractivity contribution in [3.63, 3.8) is 0 Å². The van der Waals surface area contributed by atoms with Crippen LogP contribution in [0.2, 0.25) is 0 Å². The first-order valence-corrected chi connectivity index (χ1v) is 5.71. The molecule has 18 heavy (non-hydrogen) atoms. The van der Waals surface area contributed by atoms with E-state index in [2.05, 4.69) is 9.97 Å². The van der Waals surface area contributed by atoms with Gasteiger partial charge >= 0.3 is 0 Å². The maximum atomic E-state index is 11.8. The topological polar surface area (TPSA) is 52.1 Å². The van der Waals surface area contributed by atoms with Gasteiger partial charge in [0.1, 0.15) is 12.1 Å². The smallest absolute Gasteiger partial charge is 0.166 e. The molecule has 0 unspecified atom stereocenters. The van der Waals surface area contributed by atoms with Gasteiger partial charge in [-0.05, 0) is 24.1 Å². The van der Waals surface area contributed by atoms with Crippen LogP contribution < -0.4 is 4.74 Å². The summed E-state index contributed by atoms with van der Waals surface area (Å²) in [6.07, 6.45) is 5.67. The SMILES string of the molecule is COc1ccc(CCC(=O)c2cncnc2)cc1. The van der Waals surface area contributed by atoms with E-state index in [1.165, 1.54) is 6.33 Å². The van der Waals surface area contributed by atoms with Crippen LogP contribution >= 0.6 is 0 Å². The van der Waals surface area contributed by atoms with Crippen LogP contribution in [-0.4, -0.2) is 22.9 Å². The summed E-state index contributed by atoms with van der Waals surface area (Å²) in [4.78, 5) is 19.5. The number of carbonyl (C=O) groups excluding carboxylic acids is 1. The molecule has 0 N–H and O–H groups in total. The van der Waals surface area contributed by atoms with Gasteiger partial charge in [-0.2, -0.15) is 0 Å². The molecule has 2 aromatic rings. The summed E-state index contributed by atoms with van der Waals surface area (Å²) in [7, 11) is 1.63. The van der Waals surface area contributed by atoms with E-state index in [9.17, 15) is 4.79 Å². The molecule has 92 valence electrons. The molecule has 1 heterocycles. The van der Waals surface area contributed by atoms with Gasteiger partial charge in [0, 0.05) is 18.8 Å². The molecule has 0 amide bonds. The van der Waals surface area contributed by atoms with Gasteiger partial charge in [-0.15, -0.1) is 0 Å². The highest BCUT2D eigenvalue weighted by Gasteiger charge is 2.06. The van der Waals surface area contributed by atoms with Crippen LogP contribution in [0.1, 0.15) is 22.3 Å². The number of aryl methyl sites for hydroxylation is 1. The molecule has 1 aromatic heterocycles. The van der Waals surface area contributed by atoms with Crippen molar-refractivity contribution in [2.24, 2.45) is 0 Å². The highest BCUT2D eigenvalue weighted by Crippen LogP contribution is 2.13. The second kappa shape index (κ2) is 5.91. The number of aromatic nitrogens is 2. The molecule has 4 nitrogen and oxygen atoms in total. The fraction of sp³-hybridized carbons (Fsp3) is 0.214. The van der Waals surface area contributed by atoms with Crippen molar-refractivity contribution in [3.05, 3.63) is 54.1 Å². The fourth-order valence-corrected chi connectivity index (χ4v) is 1.64. The Morgan fingerprint density at radius 2 is 1.83 bits per heavy atom. The number of nitrogens with zero attached hydrogens (tertiary/aromatic N) is 2. The Morgan fingerprint density at radius 3 is 2.44 bits per heavy atom. The average molecular weight is 242 g/mol.